The fourth-order valence-electron chi connectivity index (χ4n) is 3.90. The Morgan fingerprint density at radius 3 is 2.69 bits per heavy atom. The molecule has 1 aliphatic rings. The Morgan fingerprint density at radius 1 is 1.31 bits per heavy atom. The molecule has 1 aliphatic carbocycles. The maximum Gasteiger partial charge on any atom is 0.259 e. The van der Waals surface area contributed by atoms with Crippen molar-refractivity contribution in [1.29, 1.82) is 0 Å². The first-order valence-corrected chi connectivity index (χ1v) is 10.2. The lowest BCUT2D eigenvalue weighted by molar-refractivity contribution is -0.122. The minimum atomic E-state index is -0.355. The Kier molecular flexibility index (Phi) is 5.91. The van der Waals surface area contributed by atoms with Gasteiger partial charge in [-0.3, -0.25) is 9.59 Å². The van der Waals surface area contributed by atoms with Gasteiger partial charge in [0.1, 0.15) is 4.83 Å². The Balaban J connectivity index is 1.65. The number of nitrogens with two attached hydrogens (primary N) is 1. The van der Waals surface area contributed by atoms with E-state index in [-0.39, 0.29) is 11.8 Å². The van der Waals surface area contributed by atoms with E-state index in [1.807, 2.05) is 12.1 Å². The normalized spacial score (nSPS) is 20.4. The van der Waals surface area contributed by atoms with Crippen molar-refractivity contribution in [3.8, 4) is 0 Å². The number of nitrogens with zero attached hydrogens (tertiary/aromatic N) is 1. The summed E-state index contributed by atoms with van der Waals surface area (Å²) in [5.74, 6) is 1.04. The van der Waals surface area contributed by atoms with E-state index in [9.17, 15) is 9.59 Å². The van der Waals surface area contributed by atoms with E-state index in [1.54, 1.807) is 6.20 Å². The lowest BCUT2D eigenvalue weighted by Gasteiger charge is -2.29. The zero-order chi connectivity index (χ0) is 18.7. The number of hydrogen-bond donors (Lipinski definition) is 2. The maximum atomic E-state index is 11.9. The largest absolute Gasteiger partial charge is 0.365 e. The van der Waals surface area contributed by atoms with Crippen molar-refractivity contribution in [2.45, 2.75) is 51.9 Å². The lowest BCUT2D eigenvalue weighted by Crippen LogP contribution is -2.31. The van der Waals surface area contributed by atoms with Crippen LogP contribution in [-0.2, 0) is 4.79 Å². The highest BCUT2D eigenvalue weighted by Crippen LogP contribution is 2.42. The standard InChI is InChI=1S/C20H27N3O2S/c1-12(2)10-16(24)23-11-13-5-7-14(8-6-13)17-15-4-3-9-22-20(15)26-18(17)19(21)25/h3-4,9,12-14H,5-8,10-11H2,1-2H3,(H2,21,25)(H,23,24). The minimum Gasteiger partial charge on any atom is -0.365 e. The van der Waals surface area contributed by atoms with Crippen LogP contribution in [0.3, 0.4) is 0 Å². The molecule has 6 heteroatoms. The van der Waals surface area contributed by atoms with Crippen molar-refractivity contribution in [2.75, 3.05) is 6.54 Å². The van der Waals surface area contributed by atoms with E-state index in [0.29, 0.717) is 29.1 Å². The van der Waals surface area contributed by atoms with E-state index in [4.69, 9.17) is 5.73 Å². The van der Waals surface area contributed by atoms with Crippen LogP contribution in [-0.4, -0.2) is 23.3 Å². The third-order valence-corrected chi connectivity index (χ3v) is 6.31. The fourth-order valence-corrected chi connectivity index (χ4v) is 4.98. The van der Waals surface area contributed by atoms with Gasteiger partial charge in [-0.25, -0.2) is 4.98 Å². The highest BCUT2D eigenvalue weighted by Gasteiger charge is 2.28. The van der Waals surface area contributed by atoms with Crippen LogP contribution in [0.5, 0.6) is 0 Å². The quantitative estimate of drug-likeness (QED) is 0.807. The predicted octanol–water partition coefficient (Wildman–Crippen LogP) is 3.83. The third kappa shape index (κ3) is 4.23. The highest BCUT2D eigenvalue weighted by atomic mass is 32.1. The Hall–Kier alpha value is -1.95. The molecule has 1 saturated carbocycles. The molecule has 0 aromatic carbocycles. The second-order valence-electron chi connectivity index (χ2n) is 7.68. The number of carbonyl (C=O) groups excluding carboxylic acids is 2. The van der Waals surface area contributed by atoms with E-state index < -0.39 is 0 Å². The summed E-state index contributed by atoms with van der Waals surface area (Å²) < 4.78 is 0. The monoisotopic (exact) mass is 373 g/mol. The SMILES string of the molecule is CC(C)CC(=O)NCC1CCC(c2c(C(N)=O)sc3ncccc23)CC1. The van der Waals surface area contributed by atoms with Crippen LogP contribution in [0.15, 0.2) is 18.3 Å². The Morgan fingerprint density at radius 2 is 2.04 bits per heavy atom. The summed E-state index contributed by atoms with van der Waals surface area (Å²) in [4.78, 5) is 29.7. The first-order chi connectivity index (χ1) is 12.5. The summed E-state index contributed by atoms with van der Waals surface area (Å²) in [7, 11) is 0. The Bertz CT molecular complexity index is 791. The molecule has 0 spiro atoms. The molecule has 2 heterocycles. The van der Waals surface area contributed by atoms with Crippen LogP contribution in [0.1, 0.15) is 67.1 Å². The average Bonchev–Trinajstić information content (AvgIpc) is 3.00. The smallest absolute Gasteiger partial charge is 0.259 e. The zero-order valence-electron chi connectivity index (χ0n) is 15.5. The second-order valence-corrected chi connectivity index (χ2v) is 8.68. The zero-order valence-corrected chi connectivity index (χ0v) is 16.3. The van der Waals surface area contributed by atoms with Gasteiger partial charge >= 0.3 is 0 Å². The Labute approximate surface area is 158 Å². The number of carbonyl (C=O) groups is 2. The van der Waals surface area contributed by atoms with Gasteiger partial charge in [-0.05, 0) is 55.1 Å². The van der Waals surface area contributed by atoms with Gasteiger partial charge in [0.25, 0.3) is 5.91 Å². The van der Waals surface area contributed by atoms with Crippen molar-refractivity contribution in [3.05, 3.63) is 28.8 Å². The van der Waals surface area contributed by atoms with Gasteiger partial charge < -0.3 is 11.1 Å². The molecular formula is C20H27N3O2S. The number of aromatic nitrogens is 1. The van der Waals surface area contributed by atoms with E-state index in [0.717, 1.165) is 48.0 Å². The van der Waals surface area contributed by atoms with Crippen LogP contribution in [0.4, 0.5) is 0 Å². The number of fused-ring (bicyclic) bond motifs is 1. The van der Waals surface area contributed by atoms with Crippen molar-refractivity contribution >= 4 is 33.4 Å². The molecule has 0 bridgehead atoms. The fraction of sp³-hybridized carbons (Fsp3) is 0.550. The van der Waals surface area contributed by atoms with E-state index in [2.05, 4.69) is 24.1 Å². The molecule has 0 unspecified atom stereocenters. The van der Waals surface area contributed by atoms with Crippen molar-refractivity contribution < 1.29 is 9.59 Å². The summed E-state index contributed by atoms with van der Waals surface area (Å²) in [6.07, 6.45) is 6.50. The lowest BCUT2D eigenvalue weighted by atomic mass is 9.78. The summed E-state index contributed by atoms with van der Waals surface area (Å²) in [6, 6.07) is 3.96. The van der Waals surface area contributed by atoms with Gasteiger partial charge in [0.15, 0.2) is 0 Å². The minimum absolute atomic E-state index is 0.146. The van der Waals surface area contributed by atoms with Gasteiger partial charge in [0.2, 0.25) is 5.91 Å². The molecule has 2 aromatic rings. The van der Waals surface area contributed by atoms with Crippen LogP contribution in [0.25, 0.3) is 10.2 Å². The molecule has 0 radical (unpaired) electrons. The van der Waals surface area contributed by atoms with Crippen molar-refractivity contribution in [2.24, 2.45) is 17.6 Å². The first-order valence-electron chi connectivity index (χ1n) is 9.39. The number of primary amides is 1. The number of pyridine rings is 1. The molecule has 2 aromatic heterocycles. The summed E-state index contributed by atoms with van der Waals surface area (Å²) >= 11 is 1.40. The highest BCUT2D eigenvalue weighted by molar-refractivity contribution is 7.20. The van der Waals surface area contributed by atoms with E-state index >= 15 is 0 Å². The van der Waals surface area contributed by atoms with E-state index in [1.165, 1.54) is 11.3 Å². The molecule has 3 rings (SSSR count). The van der Waals surface area contributed by atoms with Gasteiger partial charge in [-0.2, -0.15) is 0 Å². The number of amides is 2. The molecule has 2 amide bonds. The molecule has 3 N–H and O–H groups in total. The van der Waals surface area contributed by atoms with Gasteiger partial charge in [0, 0.05) is 24.5 Å². The maximum absolute atomic E-state index is 11.9. The van der Waals surface area contributed by atoms with Gasteiger partial charge in [-0.15, -0.1) is 11.3 Å². The third-order valence-electron chi connectivity index (χ3n) is 5.17. The molecule has 1 fully saturated rings. The average molecular weight is 374 g/mol. The second kappa shape index (κ2) is 8.16. The first kappa shape index (κ1) is 18.8. The molecule has 140 valence electrons. The molecule has 0 saturated heterocycles. The summed E-state index contributed by atoms with van der Waals surface area (Å²) in [6.45, 7) is 4.87. The molecule has 26 heavy (non-hydrogen) atoms. The van der Waals surface area contributed by atoms with Crippen LogP contribution >= 0.6 is 11.3 Å². The van der Waals surface area contributed by atoms with Crippen LogP contribution < -0.4 is 11.1 Å². The molecular weight excluding hydrogens is 346 g/mol. The molecule has 5 nitrogen and oxygen atoms in total. The van der Waals surface area contributed by atoms with Gasteiger partial charge in [-0.1, -0.05) is 19.9 Å². The molecule has 0 aliphatic heterocycles. The predicted molar refractivity (Wildman–Crippen MR) is 105 cm³/mol. The van der Waals surface area contributed by atoms with Crippen molar-refractivity contribution in [1.82, 2.24) is 10.3 Å². The topological polar surface area (TPSA) is 85.1 Å². The van der Waals surface area contributed by atoms with Gasteiger partial charge in [0.05, 0.1) is 4.88 Å². The molecule has 0 atom stereocenters. The summed E-state index contributed by atoms with van der Waals surface area (Å²) in [5.41, 5.74) is 6.72. The van der Waals surface area contributed by atoms with Crippen LogP contribution in [0, 0.1) is 11.8 Å². The summed E-state index contributed by atoms with van der Waals surface area (Å²) in [5, 5.41) is 4.14. The number of nitrogens with one attached hydrogen (secondary N) is 1. The van der Waals surface area contributed by atoms with Crippen LogP contribution in [0.2, 0.25) is 0 Å². The number of rotatable bonds is 6. The number of thiophene rings is 1. The number of hydrogen-bond acceptors (Lipinski definition) is 4. The van der Waals surface area contributed by atoms with Crippen molar-refractivity contribution in [3.63, 3.8) is 0 Å².